The van der Waals surface area contributed by atoms with Crippen molar-refractivity contribution >= 4 is 15.9 Å². The van der Waals surface area contributed by atoms with Crippen LogP contribution in [0.3, 0.4) is 0 Å². The Hall–Kier alpha value is -0.940. The minimum Gasteiger partial charge on any atom is -0.380 e. The fourth-order valence-electron chi connectivity index (χ4n) is 0.924. The van der Waals surface area contributed by atoms with Crippen molar-refractivity contribution in [1.82, 2.24) is 0 Å². The van der Waals surface area contributed by atoms with Gasteiger partial charge >= 0.3 is 0 Å². The molecule has 2 atom stereocenters. The van der Waals surface area contributed by atoms with Crippen LogP contribution in [0.15, 0.2) is 30.3 Å². The Morgan fingerprint density at radius 1 is 1.38 bits per heavy atom. The molecule has 0 heterocycles. The molecule has 0 aliphatic heterocycles. The molecule has 13 heavy (non-hydrogen) atoms. The van der Waals surface area contributed by atoms with Gasteiger partial charge in [-0.05, 0) is 21.5 Å². The first-order valence-corrected chi connectivity index (χ1v) is 4.55. The molecule has 2 unspecified atom stereocenters. The highest BCUT2D eigenvalue weighted by molar-refractivity contribution is 9.09. The van der Waals surface area contributed by atoms with Crippen molar-refractivity contribution in [3.05, 3.63) is 46.0 Å². The number of rotatable bonds is 3. The molecule has 0 saturated carbocycles. The molecule has 1 aromatic carbocycles. The van der Waals surface area contributed by atoms with E-state index >= 15 is 0 Å². The Morgan fingerprint density at radius 3 is 2.38 bits per heavy atom. The van der Waals surface area contributed by atoms with Crippen LogP contribution >= 0.6 is 15.9 Å². The summed E-state index contributed by atoms with van der Waals surface area (Å²) in [6.07, 6.45) is -1.11. The number of benzene rings is 1. The smallest absolute Gasteiger partial charge is 0.295 e. The molecule has 0 radical (unpaired) electrons. The van der Waals surface area contributed by atoms with Crippen LogP contribution in [-0.2, 0) is 0 Å². The number of hydrogen-bond acceptors (Lipinski definition) is 3. The molecule has 1 N–H and O–H groups in total. The molecule has 0 saturated heterocycles. The fraction of sp³-hybridized carbons (Fsp3) is 0.250. The molecule has 0 spiro atoms. The molecule has 0 amide bonds. The number of aliphatic hydroxyl groups is 1. The molecule has 70 valence electrons. The van der Waals surface area contributed by atoms with Crippen LogP contribution in [-0.4, -0.2) is 15.0 Å². The van der Waals surface area contributed by atoms with Crippen molar-refractivity contribution in [2.45, 2.75) is 11.1 Å². The van der Waals surface area contributed by atoms with E-state index in [1.165, 1.54) is 0 Å². The second-order valence-corrected chi connectivity index (χ2v) is 3.45. The Kier molecular flexibility index (Phi) is 3.39. The third kappa shape index (κ3) is 2.50. The van der Waals surface area contributed by atoms with E-state index in [-0.39, 0.29) is 0 Å². The summed E-state index contributed by atoms with van der Waals surface area (Å²) in [5.41, 5.74) is 0.529. The first-order valence-electron chi connectivity index (χ1n) is 3.63. The normalized spacial score (nSPS) is 14.9. The van der Waals surface area contributed by atoms with E-state index in [9.17, 15) is 15.2 Å². The molecule has 0 aliphatic rings. The largest absolute Gasteiger partial charge is 0.380 e. The molecule has 4 nitrogen and oxygen atoms in total. The van der Waals surface area contributed by atoms with E-state index in [0.29, 0.717) is 5.56 Å². The number of nitro groups is 1. The van der Waals surface area contributed by atoms with Crippen molar-refractivity contribution in [2.75, 3.05) is 0 Å². The highest BCUT2D eigenvalue weighted by Gasteiger charge is 2.27. The molecular formula is C8H8BrNO3. The fourth-order valence-corrected chi connectivity index (χ4v) is 1.23. The van der Waals surface area contributed by atoms with E-state index in [2.05, 4.69) is 15.9 Å². The van der Waals surface area contributed by atoms with E-state index in [1.807, 2.05) is 0 Å². The number of aliphatic hydroxyl groups excluding tert-OH is 1. The van der Waals surface area contributed by atoms with Gasteiger partial charge in [-0.3, -0.25) is 10.1 Å². The monoisotopic (exact) mass is 245 g/mol. The van der Waals surface area contributed by atoms with Crippen molar-refractivity contribution < 1.29 is 10.0 Å². The quantitative estimate of drug-likeness (QED) is 0.382. The lowest BCUT2D eigenvalue weighted by molar-refractivity contribution is -0.505. The first-order chi connectivity index (χ1) is 6.13. The summed E-state index contributed by atoms with van der Waals surface area (Å²) in [5.74, 6) is 0. The lowest BCUT2D eigenvalue weighted by Gasteiger charge is -2.10. The number of hydrogen-bond donors (Lipinski definition) is 1. The van der Waals surface area contributed by atoms with Gasteiger partial charge < -0.3 is 5.11 Å². The van der Waals surface area contributed by atoms with Crippen molar-refractivity contribution in [1.29, 1.82) is 0 Å². The summed E-state index contributed by atoms with van der Waals surface area (Å²) < 4.78 is 0. The second kappa shape index (κ2) is 4.34. The molecule has 5 heteroatoms. The van der Waals surface area contributed by atoms with E-state index in [1.54, 1.807) is 30.3 Å². The SMILES string of the molecule is O=[N+]([O-])C(Br)C(O)c1ccccc1. The van der Waals surface area contributed by atoms with Crippen LogP contribution < -0.4 is 0 Å². The van der Waals surface area contributed by atoms with E-state index < -0.39 is 16.0 Å². The topological polar surface area (TPSA) is 63.4 Å². The predicted molar refractivity (Wildman–Crippen MR) is 51.1 cm³/mol. The molecule has 0 bridgehead atoms. The summed E-state index contributed by atoms with van der Waals surface area (Å²) >= 11 is 2.80. The van der Waals surface area contributed by atoms with Gasteiger partial charge in [0, 0.05) is 4.92 Å². The predicted octanol–water partition coefficient (Wildman–Crippen LogP) is 1.72. The zero-order valence-electron chi connectivity index (χ0n) is 6.63. The van der Waals surface area contributed by atoms with Crippen LogP contribution in [0.5, 0.6) is 0 Å². The number of alkyl halides is 1. The lowest BCUT2D eigenvalue weighted by atomic mass is 10.1. The van der Waals surface area contributed by atoms with Crippen molar-refractivity contribution in [3.8, 4) is 0 Å². The van der Waals surface area contributed by atoms with Crippen LogP contribution in [0.2, 0.25) is 0 Å². The van der Waals surface area contributed by atoms with Gasteiger partial charge in [-0.2, -0.15) is 0 Å². The minimum absolute atomic E-state index is 0.529. The molecular weight excluding hydrogens is 238 g/mol. The average molecular weight is 246 g/mol. The Morgan fingerprint density at radius 2 is 1.92 bits per heavy atom. The van der Waals surface area contributed by atoms with E-state index in [0.717, 1.165) is 0 Å². The maximum Gasteiger partial charge on any atom is 0.295 e. The van der Waals surface area contributed by atoms with Gasteiger partial charge in [-0.15, -0.1) is 0 Å². The standard InChI is InChI=1S/C8H8BrNO3/c9-8(10(12)13)7(11)6-4-2-1-3-5-6/h1-5,7-8,11H. The minimum atomic E-state index is -1.16. The van der Waals surface area contributed by atoms with Crippen LogP contribution in [0, 0.1) is 10.1 Å². The molecule has 1 rings (SSSR count). The van der Waals surface area contributed by atoms with Crippen LogP contribution in [0.4, 0.5) is 0 Å². The van der Waals surface area contributed by atoms with Gasteiger partial charge in [0.25, 0.3) is 4.95 Å². The Bertz CT molecular complexity index is 291. The highest BCUT2D eigenvalue weighted by atomic mass is 79.9. The van der Waals surface area contributed by atoms with Gasteiger partial charge in [-0.1, -0.05) is 30.3 Å². The number of nitrogens with zero attached hydrogens (tertiary/aromatic N) is 1. The summed E-state index contributed by atoms with van der Waals surface area (Å²) in [4.78, 5) is 8.58. The second-order valence-electron chi connectivity index (χ2n) is 2.51. The van der Waals surface area contributed by atoms with Gasteiger partial charge in [0.2, 0.25) is 0 Å². The van der Waals surface area contributed by atoms with E-state index in [4.69, 9.17) is 0 Å². The van der Waals surface area contributed by atoms with Gasteiger partial charge in [0.05, 0.1) is 0 Å². The Balaban J connectivity index is 2.79. The number of halogens is 1. The third-order valence-corrected chi connectivity index (χ3v) is 2.44. The van der Waals surface area contributed by atoms with Gasteiger partial charge in [0.1, 0.15) is 0 Å². The maximum atomic E-state index is 10.3. The summed E-state index contributed by atoms with van der Waals surface area (Å²) in [6, 6.07) is 8.51. The molecule has 1 aromatic rings. The van der Waals surface area contributed by atoms with Crippen LogP contribution in [0.25, 0.3) is 0 Å². The summed E-state index contributed by atoms with van der Waals surface area (Å²) in [6.45, 7) is 0. The lowest BCUT2D eigenvalue weighted by Crippen LogP contribution is -2.20. The zero-order valence-corrected chi connectivity index (χ0v) is 8.22. The first kappa shape index (κ1) is 10.1. The Labute approximate surface area is 83.5 Å². The van der Waals surface area contributed by atoms with Crippen molar-refractivity contribution in [3.63, 3.8) is 0 Å². The molecule has 0 fully saturated rings. The summed E-state index contributed by atoms with van der Waals surface area (Å²) in [5, 5.41) is 19.8. The van der Waals surface area contributed by atoms with Crippen LogP contribution in [0.1, 0.15) is 11.7 Å². The average Bonchev–Trinajstić information content (AvgIpc) is 2.17. The van der Waals surface area contributed by atoms with Gasteiger partial charge in [-0.25, -0.2) is 0 Å². The molecule has 0 aliphatic carbocycles. The third-order valence-electron chi connectivity index (χ3n) is 1.60. The molecule has 0 aromatic heterocycles. The van der Waals surface area contributed by atoms with Crippen molar-refractivity contribution in [2.24, 2.45) is 0 Å². The zero-order chi connectivity index (χ0) is 9.84. The summed E-state index contributed by atoms with van der Waals surface area (Å²) in [7, 11) is 0. The maximum absolute atomic E-state index is 10.3. The van der Waals surface area contributed by atoms with Gasteiger partial charge in [0.15, 0.2) is 6.10 Å². The highest BCUT2D eigenvalue weighted by Crippen LogP contribution is 2.22.